The Labute approximate surface area is 191 Å². The molecule has 31 heavy (non-hydrogen) atoms. The molecule has 2 aromatic heterocycles. The van der Waals surface area contributed by atoms with Crippen molar-refractivity contribution in [2.75, 3.05) is 32.9 Å². The van der Waals surface area contributed by atoms with Crippen LogP contribution in [0, 0.1) is 0 Å². The van der Waals surface area contributed by atoms with Crippen LogP contribution in [0.4, 0.5) is 0 Å². The zero-order valence-electron chi connectivity index (χ0n) is 17.5. The normalized spacial score (nSPS) is 20.6. The van der Waals surface area contributed by atoms with Crippen LogP contribution in [-0.4, -0.2) is 52.6 Å². The average Bonchev–Trinajstić information content (AvgIpc) is 3.17. The second-order valence-corrected chi connectivity index (χ2v) is 9.03. The molecule has 7 heteroatoms. The molecular formula is C24H27BrN4O2. The van der Waals surface area contributed by atoms with E-state index in [1.807, 2.05) is 10.9 Å². The van der Waals surface area contributed by atoms with Gasteiger partial charge in [-0.05, 0) is 55.2 Å². The summed E-state index contributed by atoms with van der Waals surface area (Å²) in [6.07, 6.45) is 9.42. The quantitative estimate of drug-likeness (QED) is 0.517. The lowest BCUT2D eigenvalue weighted by Crippen LogP contribution is -2.35. The van der Waals surface area contributed by atoms with E-state index in [0.29, 0.717) is 0 Å². The average molecular weight is 483 g/mol. The third-order valence-corrected chi connectivity index (χ3v) is 6.39. The largest absolute Gasteiger partial charge is 0.379 e. The van der Waals surface area contributed by atoms with E-state index in [1.165, 1.54) is 6.42 Å². The van der Waals surface area contributed by atoms with Crippen molar-refractivity contribution < 1.29 is 9.47 Å². The van der Waals surface area contributed by atoms with Crippen molar-refractivity contribution >= 4 is 39.0 Å². The van der Waals surface area contributed by atoms with Crippen LogP contribution in [0.3, 0.4) is 0 Å². The molecular weight excluding hydrogens is 456 g/mol. The number of fused-ring (bicyclic) bond motifs is 1. The van der Waals surface area contributed by atoms with Crippen LogP contribution >= 0.6 is 15.9 Å². The first-order valence-corrected chi connectivity index (χ1v) is 11.8. The summed E-state index contributed by atoms with van der Waals surface area (Å²) in [4.78, 5) is 7.03. The van der Waals surface area contributed by atoms with Crippen molar-refractivity contribution in [1.29, 1.82) is 0 Å². The van der Waals surface area contributed by atoms with Crippen molar-refractivity contribution in [2.45, 2.75) is 32.0 Å². The molecule has 0 saturated carbocycles. The molecule has 162 valence electrons. The van der Waals surface area contributed by atoms with Crippen LogP contribution in [0.5, 0.6) is 0 Å². The van der Waals surface area contributed by atoms with Gasteiger partial charge in [0.15, 0.2) is 6.23 Å². The number of rotatable bonds is 5. The minimum Gasteiger partial charge on any atom is -0.379 e. The maximum absolute atomic E-state index is 6.00. The Kier molecular flexibility index (Phi) is 6.45. The monoisotopic (exact) mass is 482 g/mol. The molecule has 4 heterocycles. The zero-order valence-corrected chi connectivity index (χ0v) is 19.1. The second kappa shape index (κ2) is 9.61. The van der Waals surface area contributed by atoms with Gasteiger partial charge >= 0.3 is 0 Å². The number of hydrogen-bond acceptors (Lipinski definition) is 5. The summed E-state index contributed by atoms with van der Waals surface area (Å²) in [5.41, 5.74) is 4.21. The van der Waals surface area contributed by atoms with Crippen molar-refractivity contribution in [3.8, 4) is 0 Å². The lowest BCUT2D eigenvalue weighted by Gasteiger charge is -2.26. The third kappa shape index (κ3) is 4.90. The summed E-state index contributed by atoms with van der Waals surface area (Å²) >= 11 is 3.60. The standard InChI is InChI=1S/C24H27BrN4O2/c25-19-6-9-23-21(15-19)22(27-29(23)24-3-1-2-12-31-24)8-5-18-4-7-20(26-16-18)17-28-10-13-30-14-11-28/h4-9,15-16,24H,1-3,10-14,17H2/b8-5+. The molecule has 6 nitrogen and oxygen atoms in total. The number of hydrogen-bond donors (Lipinski definition) is 0. The minimum atomic E-state index is 0.0145. The molecule has 2 aliphatic rings. The van der Waals surface area contributed by atoms with Gasteiger partial charge in [0.25, 0.3) is 0 Å². The van der Waals surface area contributed by atoms with Crippen LogP contribution in [0.1, 0.15) is 42.4 Å². The number of pyridine rings is 1. The van der Waals surface area contributed by atoms with Gasteiger partial charge in [0.2, 0.25) is 0 Å². The van der Waals surface area contributed by atoms with Crippen molar-refractivity contribution in [1.82, 2.24) is 19.7 Å². The summed E-state index contributed by atoms with van der Waals surface area (Å²) in [7, 11) is 0. The Morgan fingerprint density at radius 1 is 1.06 bits per heavy atom. The predicted octanol–water partition coefficient (Wildman–Crippen LogP) is 4.90. The number of aromatic nitrogens is 3. The van der Waals surface area contributed by atoms with Crippen molar-refractivity contribution in [2.24, 2.45) is 0 Å². The first kappa shape index (κ1) is 20.8. The van der Waals surface area contributed by atoms with E-state index in [9.17, 15) is 0 Å². The molecule has 1 atom stereocenters. The van der Waals surface area contributed by atoms with Gasteiger partial charge in [0.1, 0.15) is 0 Å². The highest BCUT2D eigenvalue weighted by Gasteiger charge is 2.20. The molecule has 0 N–H and O–H groups in total. The third-order valence-electron chi connectivity index (χ3n) is 5.90. The van der Waals surface area contributed by atoms with Gasteiger partial charge in [-0.25, -0.2) is 4.68 Å². The molecule has 1 aromatic carbocycles. The van der Waals surface area contributed by atoms with Crippen LogP contribution in [0.15, 0.2) is 41.0 Å². The second-order valence-electron chi connectivity index (χ2n) is 8.12. The van der Waals surface area contributed by atoms with Crippen LogP contribution in [0.2, 0.25) is 0 Å². The van der Waals surface area contributed by atoms with Crippen molar-refractivity contribution in [3.05, 3.63) is 58.0 Å². The zero-order chi connectivity index (χ0) is 21.0. The maximum Gasteiger partial charge on any atom is 0.150 e. The molecule has 0 amide bonds. The highest BCUT2D eigenvalue weighted by molar-refractivity contribution is 9.10. The number of halogens is 1. The van der Waals surface area contributed by atoms with E-state index >= 15 is 0 Å². The molecule has 0 aliphatic carbocycles. The predicted molar refractivity (Wildman–Crippen MR) is 126 cm³/mol. The number of nitrogens with zero attached hydrogens (tertiary/aromatic N) is 4. The number of morpholine rings is 1. The molecule has 2 aliphatic heterocycles. The summed E-state index contributed by atoms with van der Waals surface area (Å²) in [6.45, 7) is 5.24. The van der Waals surface area contributed by atoms with E-state index < -0.39 is 0 Å². The first-order valence-electron chi connectivity index (χ1n) is 11.0. The Hall–Kier alpha value is -2.06. The van der Waals surface area contributed by atoms with E-state index in [2.05, 4.69) is 68.3 Å². The van der Waals surface area contributed by atoms with Gasteiger partial charge in [-0.15, -0.1) is 0 Å². The molecule has 3 aromatic rings. The summed E-state index contributed by atoms with van der Waals surface area (Å²) in [5.74, 6) is 0. The van der Waals surface area contributed by atoms with Gasteiger partial charge < -0.3 is 9.47 Å². The first-order chi connectivity index (χ1) is 15.3. The van der Waals surface area contributed by atoms with Gasteiger partial charge in [0, 0.05) is 42.3 Å². The summed E-state index contributed by atoms with van der Waals surface area (Å²) in [6, 6.07) is 10.5. The van der Waals surface area contributed by atoms with E-state index in [-0.39, 0.29) is 6.23 Å². The topological polar surface area (TPSA) is 52.4 Å². The Balaban J connectivity index is 1.36. The van der Waals surface area contributed by atoms with Gasteiger partial charge in [0.05, 0.1) is 30.1 Å². The molecule has 0 bridgehead atoms. The van der Waals surface area contributed by atoms with Crippen LogP contribution in [0.25, 0.3) is 23.1 Å². The van der Waals surface area contributed by atoms with Gasteiger partial charge in [-0.1, -0.05) is 28.1 Å². The fourth-order valence-corrected chi connectivity index (χ4v) is 4.55. The van der Waals surface area contributed by atoms with Crippen LogP contribution in [-0.2, 0) is 16.0 Å². The molecule has 2 saturated heterocycles. The van der Waals surface area contributed by atoms with E-state index in [0.717, 1.165) is 84.6 Å². The van der Waals surface area contributed by atoms with E-state index in [4.69, 9.17) is 14.6 Å². The van der Waals surface area contributed by atoms with Crippen molar-refractivity contribution in [3.63, 3.8) is 0 Å². The SMILES string of the molecule is Brc1ccc2c(c1)c(/C=C/c1ccc(CN3CCOCC3)nc1)nn2C1CCCCO1. The highest BCUT2D eigenvalue weighted by Crippen LogP contribution is 2.30. The Morgan fingerprint density at radius 2 is 1.97 bits per heavy atom. The molecule has 5 rings (SSSR count). The number of benzene rings is 1. The lowest BCUT2D eigenvalue weighted by atomic mass is 10.1. The minimum absolute atomic E-state index is 0.0145. The fourth-order valence-electron chi connectivity index (χ4n) is 4.19. The molecule has 0 spiro atoms. The molecule has 0 radical (unpaired) electrons. The Morgan fingerprint density at radius 3 is 2.74 bits per heavy atom. The smallest absolute Gasteiger partial charge is 0.150 e. The van der Waals surface area contributed by atoms with Crippen LogP contribution < -0.4 is 0 Å². The summed E-state index contributed by atoms with van der Waals surface area (Å²) < 4.78 is 14.5. The maximum atomic E-state index is 6.00. The Bertz CT molecular complexity index is 1050. The highest BCUT2D eigenvalue weighted by atomic mass is 79.9. The summed E-state index contributed by atoms with van der Waals surface area (Å²) in [5, 5.41) is 6.03. The lowest BCUT2D eigenvalue weighted by molar-refractivity contribution is -0.0367. The molecule has 1 unspecified atom stereocenters. The van der Waals surface area contributed by atoms with E-state index in [1.54, 1.807) is 0 Å². The molecule has 2 fully saturated rings. The van der Waals surface area contributed by atoms with Gasteiger partial charge in [-0.2, -0.15) is 5.10 Å². The fraction of sp³-hybridized carbons (Fsp3) is 0.417. The van der Waals surface area contributed by atoms with Gasteiger partial charge in [-0.3, -0.25) is 9.88 Å². The number of ether oxygens (including phenoxy) is 2.